The SMILES string of the molecule is COc1ccc(-c2csc(-c3ccc(O)cc3)n2)cc1. The van der Waals surface area contributed by atoms with E-state index in [1.54, 1.807) is 30.6 Å². The van der Waals surface area contributed by atoms with Crippen LogP contribution in [0, 0.1) is 0 Å². The monoisotopic (exact) mass is 283 g/mol. The first kappa shape index (κ1) is 12.7. The van der Waals surface area contributed by atoms with Crippen molar-refractivity contribution >= 4 is 11.3 Å². The molecule has 20 heavy (non-hydrogen) atoms. The van der Waals surface area contributed by atoms with Gasteiger partial charge < -0.3 is 9.84 Å². The summed E-state index contributed by atoms with van der Waals surface area (Å²) in [5.74, 6) is 1.10. The van der Waals surface area contributed by atoms with Crippen LogP contribution in [0.25, 0.3) is 21.8 Å². The normalized spacial score (nSPS) is 10.4. The van der Waals surface area contributed by atoms with E-state index >= 15 is 0 Å². The molecule has 0 saturated carbocycles. The molecule has 0 aliphatic rings. The Kier molecular flexibility index (Phi) is 3.39. The average Bonchev–Trinajstić information content (AvgIpc) is 2.98. The molecule has 0 unspecified atom stereocenters. The lowest BCUT2D eigenvalue weighted by Gasteiger charge is -2.00. The molecule has 0 atom stereocenters. The van der Waals surface area contributed by atoms with Gasteiger partial charge in [0, 0.05) is 16.5 Å². The standard InChI is InChI=1S/C16H13NO2S/c1-19-14-8-4-11(5-9-14)15-10-20-16(17-15)12-2-6-13(18)7-3-12/h2-10,18H,1H3. The molecule has 0 spiro atoms. The Bertz CT molecular complexity index is 702. The molecule has 0 fully saturated rings. The number of phenolic OH excluding ortho intramolecular Hbond substituents is 1. The number of aromatic nitrogens is 1. The summed E-state index contributed by atoms with van der Waals surface area (Å²) in [6.07, 6.45) is 0. The zero-order valence-corrected chi connectivity index (χ0v) is 11.7. The molecule has 1 N–H and O–H groups in total. The molecule has 0 amide bonds. The van der Waals surface area contributed by atoms with Gasteiger partial charge in [-0.1, -0.05) is 0 Å². The predicted molar refractivity (Wildman–Crippen MR) is 81.2 cm³/mol. The Balaban J connectivity index is 1.91. The molecule has 0 aliphatic heterocycles. The van der Waals surface area contributed by atoms with Gasteiger partial charge in [0.15, 0.2) is 0 Å². The number of phenols is 1. The minimum Gasteiger partial charge on any atom is -0.508 e. The number of benzene rings is 2. The van der Waals surface area contributed by atoms with Crippen LogP contribution in [-0.2, 0) is 0 Å². The molecular weight excluding hydrogens is 270 g/mol. The lowest BCUT2D eigenvalue weighted by molar-refractivity contribution is 0.415. The van der Waals surface area contributed by atoms with Crippen molar-refractivity contribution in [1.82, 2.24) is 4.98 Å². The fourth-order valence-electron chi connectivity index (χ4n) is 1.90. The molecule has 3 rings (SSSR count). The second kappa shape index (κ2) is 5.35. The fourth-order valence-corrected chi connectivity index (χ4v) is 2.74. The molecule has 3 aromatic rings. The Morgan fingerprint density at radius 2 is 1.60 bits per heavy atom. The number of aromatic hydroxyl groups is 1. The quantitative estimate of drug-likeness (QED) is 0.783. The molecule has 2 aromatic carbocycles. The topological polar surface area (TPSA) is 42.4 Å². The van der Waals surface area contributed by atoms with Crippen LogP contribution in [0.1, 0.15) is 0 Å². The number of hydrogen-bond acceptors (Lipinski definition) is 4. The van der Waals surface area contributed by atoms with Gasteiger partial charge in [-0.2, -0.15) is 0 Å². The van der Waals surface area contributed by atoms with Gasteiger partial charge in [-0.3, -0.25) is 0 Å². The molecule has 0 radical (unpaired) electrons. The molecule has 1 heterocycles. The van der Waals surface area contributed by atoms with E-state index in [2.05, 4.69) is 4.98 Å². The second-order valence-electron chi connectivity index (χ2n) is 4.31. The minimum atomic E-state index is 0.265. The van der Waals surface area contributed by atoms with Crippen molar-refractivity contribution in [2.45, 2.75) is 0 Å². The lowest BCUT2D eigenvalue weighted by atomic mass is 10.1. The maximum Gasteiger partial charge on any atom is 0.124 e. The summed E-state index contributed by atoms with van der Waals surface area (Å²) >= 11 is 1.59. The smallest absolute Gasteiger partial charge is 0.124 e. The first-order valence-electron chi connectivity index (χ1n) is 6.15. The Labute approximate surface area is 121 Å². The fraction of sp³-hybridized carbons (Fsp3) is 0.0625. The molecule has 100 valence electrons. The molecular formula is C16H13NO2S. The van der Waals surface area contributed by atoms with E-state index in [4.69, 9.17) is 4.74 Å². The Morgan fingerprint density at radius 1 is 0.950 bits per heavy atom. The molecule has 0 aliphatic carbocycles. The molecule has 4 heteroatoms. The van der Waals surface area contributed by atoms with E-state index in [0.29, 0.717) is 0 Å². The van der Waals surface area contributed by atoms with Crippen molar-refractivity contribution in [2.75, 3.05) is 7.11 Å². The number of rotatable bonds is 3. The summed E-state index contributed by atoms with van der Waals surface area (Å²) in [6.45, 7) is 0. The van der Waals surface area contributed by atoms with Crippen molar-refractivity contribution in [1.29, 1.82) is 0 Å². The van der Waals surface area contributed by atoms with E-state index in [-0.39, 0.29) is 5.75 Å². The van der Waals surface area contributed by atoms with Gasteiger partial charge in [0.2, 0.25) is 0 Å². The van der Waals surface area contributed by atoms with E-state index in [9.17, 15) is 5.11 Å². The average molecular weight is 283 g/mol. The Hall–Kier alpha value is -2.33. The number of thiazole rings is 1. The van der Waals surface area contributed by atoms with Crippen LogP contribution in [0.5, 0.6) is 11.5 Å². The van der Waals surface area contributed by atoms with Gasteiger partial charge in [0.25, 0.3) is 0 Å². The van der Waals surface area contributed by atoms with E-state index in [1.807, 2.05) is 41.8 Å². The Morgan fingerprint density at radius 3 is 2.25 bits per heavy atom. The maximum absolute atomic E-state index is 9.31. The molecule has 0 bridgehead atoms. The maximum atomic E-state index is 9.31. The first-order chi connectivity index (χ1) is 9.76. The highest BCUT2D eigenvalue weighted by Crippen LogP contribution is 2.30. The van der Waals surface area contributed by atoms with Crippen molar-refractivity contribution in [2.24, 2.45) is 0 Å². The van der Waals surface area contributed by atoms with Gasteiger partial charge in [-0.25, -0.2) is 4.98 Å². The molecule has 3 nitrogen and oxygen atoms in total. The highest BCUT2D eigenvalue weighted by atomic mass is 32.1. The summed E-state index contributed by atoms with van der Waals surface area (Å²) in [5, 5.41) is 12.3. The number of hydrogen-bond donors (Lipinski definition) is 1. The number of methoxy groups -OCH3 is 1. The summed E-state index contributed by atoms with van der Waals surface area (Å²) in [5.41, 5.74) is 3.01. The minimum absolute atomic E-state index is 0.265. The number of ether oxygens (including phenoxy) is 1. The van der Waals surface area contributed by atoms with Gasteiger partial charge in [0.1, 0.15) is 16.5 Å². The van der Waals surface area contributed by atoms with Crippen LogP contribution in [-0.4, -0.2) is 17.2 Å². The highest BCUT2D eigenvalue weighted by molar-refractivity contribution is 7.13. The van der Waals surface area contributed by atoms with Gasteiger partial charge >= 0.3 is 0 Å². The van der Waals surface area contributed by atoms with Crippen LogP contribution in [0.3, 0.4) is 0 Å². The van der Waals surface area contributed by atoms with Gasteiger partial charge in [-0.05, 0) is 48.5 Å². The van der Waals surface area contributed by atoms with Gasteiger partial charge in [-0.15, -0.1) is 11.3 Å². The first-order valence-corrected chi connectivity index (χ1v) is 7.03. The van der Waals surface area contributed by atoms with E-state index in [1.165, 1.54) is 0 Å². The third-order valence-corrected chi connectivity index (χ3v) is 3.90. The predicted octanol–water partition coefficient (Wildman–Crippen LogP) is 4.19. The summed E-state index contributed by atoms with van der Waals surface area (Å²) in [6, 6.07) is 14.9. The molecule has 0 saturated heterocycles. The zero-order chi connectivity index (χ0) is 13.9. The van der Waals surface area contributed by atoms with E-state index in [0.717, 1.165) is 27.6 Å². The van der Waals surface area contributed by atoms with Crippen LogP contribution < -0.4 is 4.74 Å². The third-order valence-electron chi connectivity index (χ3n) is 3.00. The summed E-state index contributed by atoms with van der Waals surface area (Å²) < 4.78 is 5.15. The van der Waals surface area contributed by atoms with Crippen LogP contribution >= 0.6 is 11.3 Å². The summed E-state index contributed by atoms with van der Waals surface area (Å²) in [7, 11) is 1.65. The van der Waals surface area contributed by atoms with Crippen molar-refractivity contribution in [3.8, 4) is 33.3 Å². The number of nitrogens with zero attached hydrogens (tertiary/aromatic N) is 1. The van der Waals surface area contributed by atoms with Crippen molar-refractivity contribution in [3.63, 3.8) is 0 Å². The van der Waals surface area contributed by atoms with Crippen LogP contribution in [0.2, 0.25) is 0 Å². The summed E-state index contributed by atoms with van der Waals surface area (Å²) in [4.78, 5) is 4.63. The van der Waals surface area contributed by atoms with Crippen molar-refractivity contribution < 1.29 is 9.84 Å². The van der Waals surface area contributed by atoms with Crippen LogP contribution in [0.4, 0.5) is 0 Å². The highest BCUT2D eigenvalue weighted by Gasteiger charge is 2.06. The lowest BCUT2D eigenvalue weighted by Crippen LogP contribution is -1.83. The van der Waals surface area contributed by atoms with Crippen LogP contribution in [0.15, 0.2) is 53.9 Å². The van der Waals surface area contributed by atoms with E-state index < -0.39 is 0 Å². The third kappa shape index (κ3) is 2.51. The molecule has 1 aromatic heterocycles. The second-order valence-corrected chi connectivity index (χ2v) is 5.17. The van der Waals surface area contributed by atoms with Crippen molar-refractivity contribution in [3.05, 3.63) is 53.9 Å². The van der Waals surface area contributed by atoms with Gasteiger partial charge in [0.05, 0.1) is 12.8 Å². The zero-order valence-electron chi connectivity index (χ0n) is 10.9. The largest absolute Gasteiger partial charge is 0.508 e.